The number of allylic oxidation sites excluding steroid dienone is 2. The Bertz CT molecular complexity index is 737. The molecule has 0 heterocycles. The van der Waals surface area contributed by atoms with Gasteiger partial charge in [0.2, 0.25) is 0 Å². The van der Waals surface area contributed by atoms with Crippen molar-refractivity contribution in [2.24, 2.45) is 17.8 Å². The van der Waals surface area contributed by atoms with Crippen molar-refractivity contribution in [2.75, 3.05) is 40.4 Å². The third-order valence-electron chi connectivity index (χ3n) is 7.23. The Labute approximate surface area is 188 Å². The van der Waals surface area contributed by atoms with Gasteiger partial charge in [-0.2, -0.15) is 0 Å². The fraction of sp³-hybridized carbons (Fsp3) is 0.654. The topological polar surface area (TPSA) is 42.0 Å². The first kappa shape index (κ1) is 23.6. The minimum atomic E-state index is 0.0827. The number of rotatable bonds is 12. The van der Waals surface area contributed by atoms with Gasteiger partial charge in [-0.3, -0.25) is 4.79 Å². The smallest absolute Gasteiger partial charge is 0.254 e. The van der Waals surface area contributed by atoms with E-state index in [0.717, 1.165) is 39.0 Å². The highest BCUT2D eigenvalue weighted by Gasteiger charge is 2.38. The molecule has 0 N–H and O–H groups in total. The van der Waals surface area contributed by atoms with Crippen molar-refractivity contribution in [3.8, 4) is 11.5 Å². The van der Waals surface area contributed by atoms with Gasteiger partial charge in [0.15, 0.2) is 0 Å². The number of carbonyl (C=O) groups is 1. The highest BCUT2D eigenvalue weighted by Crippen LogP contribution is 2.44. The van der Waals surface area contributed by atoms with Gasteiger partial charge in [0, 0.05) is 24.2 Å². The lowest BCUT2D eigenvalue weighted by molar-refractivity contribution is 0.0630. The van der Waals surface area contributed by atoms with Crippen LogP contribution in [0.15, 0.2) is 30.4 Å². The molecule has 0 aromatic heterocycles. The van der Waals surface area contributed by atoms with E-state index in [9.17, 15) is 4.79 Å². The summed E-state index contributed by atoms with van der Waals surface area (Å²) in [4.78, 5) is 18.3. The van der Waals surface area contributed by atoms with Gasteiger partial charge in [-0.05, 0) is 82.1 Å². The fourth-order valence-corrected chi connectivity index (χ4v) is 5.22. The van der Waals surface area contributed by atoms with Crippen molar-refractivity contribution in [3.63, 3.8) is 0 Å². The summed E-state index contributed by atoms with van der Waals surface area (Å²) in [6, 6.07) is 5.68. The minimum absolute atomic E-state index is 0.0827. The normalized spacial score (nSPS) is 22.7. The molecule has 1 amide bonds. The number of hydrogen-bond donors (Lipinski definition) is 0. The first-order chi connectivity index (χ1) is 15.0. The van der Waals surface area contributed by atoms with Crippen molar-refractivity contribution in [3.05, 3.63) is 35.9 Å². The predicted molar refractivity (Wildman–Crippen MR) is 126 cm³/mol. The van der Waals surface area contributed by atoms with Gasteiger partial charge in [-0.1, -0.05) is 26.0 Å². The van der Waals surface area contributed by atoms with E-state index >= 15 is 0 Å². The molecule has 31 heavy (non-hydrogen) atoms. The molecule has 0 saturated heterocycles. The molecular weight excluding hydrogens is 388 g/mol. The first-order valence-electron chi connectivity index (χ1n) is 11.9. The Morgan fingerprint density at radius 1 is 1.06 bits per heavy atom. The fourth-order valence-electron chi connectivity index (χ4n) is 5.22. The second-order valence-corrected chi connectivity index (χ2v) is 9.12. The number of fused-ring (bicyclic) bond motifs is 2. The molecule has 2 bridgehead atoms. The van der Waals surface area contributed by atoms with E-state index in [0.29, 0.717) is 34.8 Å². The van der Waals surface area contributed by atoms with Crippen LogP contribution in [0.4, 0.5) is 0 Å². The van der Waals surface area contributed by atoms with E-state index in [2.05, 4.69) is 42.7 Å². The number of methoxy groups -OCH3 is 2. The average Bonchev–Trinajstić information content (AvgIpc) is 3.42. The predicted octanol–water partition coefficient (Wildman–Crippen LogP) is 4.87. The first-order valence-corrected chi connectivity index (χ1v) is 11.9. The van der Waals surface area contributed by atoms with Crippen molar-refractivity contribution in [1.29, 1.82) is 0 Å². The van der Waals surface area contributed by atoms with E-state index in [4.69, 9.17) is 9.47 Å². The van der Waals surface area contributed by atoms with Crippen LogP contribution in [0.25, 0.3) is 0 Å². The van der Waals surface area contributed by atoms with Gasteiger partial charge in [0.05, 0.1) is 14.2 Å². The zero-order chi connectivity index (χ0) is 22.4. The number of carbonyl (C=O) groups excluding carboxylic acids is 1. The number of nitrogens with zero attached hydrogens (tertiary/aromatic N) is 2. The Balaban J connectivity index is 1.76. The van der Waals surface area contributed by atoms with Gasteiger partial charge in [0.25, 0.3) is 5.91 Å². The van der Waals surface area contributed by atoms with Crippen molar-refractivity contribution in [1.82, 2.24) is 9.80 Å². The van der Waals surface area contributed by atoms with Crippen LogP contribution in [-0.2, 0) is 0 Å². The summed E-state index contributed by atoms with van der Waals surface area (Å²) in [5.41, 5.74) is 0.644. The van der Waals surface area contributed by atoms with Gasteiger partial charge in [0.1, 0.15) is 11.5 Å². The molecule has 4 atom stereocenters. The van der Waals surface area contributed by atoms with Crippen molar-refractivity contribution in [2.45, 2.75) is 52.5 Å². The maximum atomic E-state index is 13.7. The Hall–Kier alpha value is -2.01. The van der Waals surface area contributed by atoms with Gasteiger partial charge < -0.3 is 19.3 Å². The lowest BCUT2D eigenvalue weighted by Gasteiger charge is -2.34. The molecule has 2 aliphatic carbocycles. The van der Waals surface area contributed by atoms with Crippen LogP contribution in [0.5, 0.6) is 11.5 Å². The lowest BCUT2D eigenvalue weighted by Crippen LogP contribution is -2.43. The zero-order valence-corrected chi connectivity index (χ0v) is 20.0. The lowest BCUT2D eigenvalue weighted by atomic mass is 9.92. The van der Waals surface area contributed by atoms with Gasteiger partial charge >= 0.3 is 0 Å². The Morgan fingerprint density at radius 2 is 1.74 bits per heavy atom. The molecule has 1 aromatic rings. The number of benzene rings is 1. The molecule has 1 aromatic carbocycles. The molecule has 1 saturated carbocycles. The SMILES string of the molecule is CCN(CC)CCCC(C)N(CC1CC2C=CC1C2)C(=O)c1cc(OC)cc(OC)c1. The highest BCUT2D eigenvalue weighted by molar-refractivity contribution is 5.95. The quantitative estimate of drug-likeness (QED) is 0.446. The van der Waals surface area contributed by atoms with Gasteiger partial charge in [-0.25, -0.2) is 0 Å². The largest absolute Gasteiger partial charge is 0.497 e. The van der Waals surface area contributed by atoms with Crippen LogP contribution in [0, 0.1) is 17.8 Å². The summed E-state index contributed by atoms with van der Waals surface area (Å²) in [5.74, 6) is 3.29. The monoisotopic (exact) mass is 428 g/mol. The van der Waals surface area contributed by atoms with E-state index in [1.54, 1.807) is 14.2 Å². The summed E-state index contributed by atoms with van der Waals surface area (Å²) < 4.78 is 10.8. The van der Waals surface area contributed by atoms with Crippen LogP contribution in [-0.4, -0.2) is 62.1 Å². The Kier molecular flexibility index (Phi) is 8.42. The maximum Gasteiger partial charge on any atom is 0.254 e. The summed E-state index contributed by atoms with van der Waals surface area (Å²) >= 11 is 0. The molecule has 4 unspecified atom stereocenters. The molecule has 0 radical (unpaired) electrons. The van der Waals surface area contributed by atoms with Crippen LogP contribution >= 0.6 is 0 Å². The van der Waals surface area contributed by atoms with E-state index < -0.39 is 0 Å². The molecule has 3 rings (SSSR count). The second kappa shape index (κ2) is 11.0. The summed E-state index contributed by atoms with van der Waals surface area (Å²) in [6.45, 7) is 10.7. The molecule has 172 valence electrons. The summed E-state index contributed by atoms with van der Waals surface area (Å²) in [5, 5.41) is 0. The number of ether oxygens (including phenoxy) is 2. The van der Waals surface area contributed by atoms with Gasteiger partial charge in [-0.15, -0.1) is 0 Å². The highest BCUT2D eigenvalue weighted by atomic mass is 16.5. The van der Waals surface area contributed by atoms with Crippen molar-refractivity contribution >= 4 is 5.91 Å². The molecule has 5 heteroatoms. The third kappa shape index (κ3) is 5.82. The molecular formula is C26H40N2O3. The molecule has 1 fully saturated rings. The van der Waals surface area contributed by atoms with Crippen molar-refractivity contribution < 1.29 is 14.3 Å². The zero-order valence-electron chi connectivity index (χ0n) is 20.0. The van der Waals surface area contributed by atoms with Crippen LogP contribution < -0.4 is 9.47 Å². The van der Waals surface area contributed by atoms with E-state index in [-0.39, 0.29) is 11.9 Å². The molecule has 2 aliphatic rings. The van der Waals surface area contributed by atoms with E-state index in [1.165, 1.54) is 12.8 Å². The maximum absolute atomic E-state index is 13.7. The molecule has 5 nitrogen and oxygen atoms in total. The third-order valence-corrected chi connectivity index (χ3v) is 7.23. The minimum Gasteiger partial charge on any atom is -0.497 e. The van der Waals surface area contributed by atoms with Crippen LogP contribution in [0.2, 0.25) is 0 Å². The van der Waals surface area contributed by atoms with E-state index in [1.807, 2.05) is 18.2 Å². The summed E-state index contributed by atoms with van der Waals surface area (Å²) in [6.07, 6.45) is 9.33. The second-order valence-electron chi connectivity index (χ2n) is 9.12. The number of amides is 1. The van der Waals surface area contributed by atoms with Crippen LogP contribution in [0.1, 0.15) is 56.8 Å². The summed E-state index contributed by atoms with van der Waals surface area (Å²) in [7, 11) is 3.25. The average molecular weight is 429 g/mol. The molecule has 0 aliphatic heterocycles. The Morgan fingerprint density at radius 3 is 2.26 bits per heavy atom. The standard InChI is InChI=1S/C26H40N2O3/c1-6-27(7-2)12-8-9-19(3)28(18-23-14-20-10-11-21(23)13-20)26(29)22-15-24(30-4)17-25(16-22)31-5/h10-11,15-17,19-21,23H,6-9,12-14,18H2,1-5H3. The number of hydrogen-bond acceptors (Lipinski definition) is 4. The molecule has 0 spiro atoms. The van der Waals surface area contributed by atoms with Crippen LogP contribution in [0.3, 0.4) is 0 Å².